The maximum absolute atomic E-state index is 13.0. The molecule has 3 aromatic heterocycles. The average Bonchev–Trinajstić information content (AvgIpc) is 3.29. The van der Waals surface area contributed by atoms with E-state index in [2.05, 4.69) is 5.48 Å². The van der Waals surface area contributed by atoms with Crippen LogP contribution in [0.5, 0.6) is 0 Å². The number of ether oxygens (including phenoxy) is 1. The number of carbonyl (C=O) groups is 1. The van der Waals surface area contributed by atoms with Crippen molar-refractivity contribution in [1.82, 2.24) is 24.9 Å². The molecule has 1 aliphatic rings. The molecule has 0 unspecified atom stereocenters. The molecule has 0 radical (unpaired) electrons. The van der Waals surface area contributed by atoms with Gasteiger partial charge in [-0.2, -0.15) is 14.9 Å². The van der Waals surface area contributed by atoms with Gasteiger partial charge in [-0.15, -0.1) is 0 Å². The zero-order valence-corrected chi connectivity index (χ0v) is 21.8. The molecule has 38 heavy (non-hydrogen) atoms. The van der Waals surface area contributed by atoms with Crippen LogP contribution in [0.15, 0.2) is 77.4 Å². The molecular weight excluding hydrogens is 482 g/mol. The van der Waals surface area contributed by atoms with E-state index in [9.17, 15) is 9.59 Å². The van der Waals surface area contributed by atoms with Crippen LogP contribution in [-0.2, 0) is 14.4 Å². The Morgan fingerprint density at radius 1 is 0.974 bits per heavy atom. The fraction of sp³-hybridized carbons (Fsp3) is 0.310. The van der Waals surface area contributed by atoms with E-state index in [1.54, 1.807) is 26.8 Å². The van der Waals surface area contributed by atoms with Gasteiger partial charge in [0.25, 0.3) is 5.56 Å². The summed E-state index contributed by atoms with van der Waals surface area (Å²) >= 11 is 0. The van der Waals surface area contributed by atoms with E-state index in [0.717, 1.165) is 46.6 Å². The van der Waals surface area contributed by atoms with Gasteiger partial charge in [-0.25, -0.2) is 9.31 Å². The van der Waals surface area contributed by atoms with Gasteiger partial charge in [-0.1, -0.05) is 36.4 Å². The first-order valence-corrected chi connectivity index (χ1v) is 12.8. The Labute approximate surface area is 220 Å². The van der Waals surface area contributed by atoms with Gasteiger partial charge in [0.15, 0.2) is 6.61 Å². The van der Waals surface area contributed by atoms with Crippen LogP contribution in [0.25, 0.3) is 33.7 Å². The van der Waals surface area contributed by atoms with Crippen LogP contribution in [-0.4, -0.2) is 37.6 Å². The van der Waals surface area contributed by atoms with Crippen LogP contribution < -0.4 is 11.0 Å². The van der Waals surface area contributed by atoms with Gasteiger partial charge in [0.2, 0.25) is 0 Å². The first kappa shape index (κ1) is 25.4. The Bertz CT molecular complexity index is 1550. The van der Waals surface area contributed by atoms with Gasteiger partial charge in [0.05, 0.1) is 28.2 Å². The highest BCUT2D eigenvalue weighted by Crippen LogP contribution is 2.34. The van der Waals surface area contributed by atoms with Crippen LogP contribution in [0.1, 0.15) is 46.5 Å². The normalized spacial score (nSPS) is 14.1. The number of benzene rings is 1. The van der Waals surface area contributed by atoms with Crippen molar-refractivity contribution >= 4 is 17.2 Å². The standard InChI is InChI=1S/C29H31N5O4/c1-29(2,3)38-26(36)19-37-32-21-13-7-8-14-23(21)34-25(35)17-16-22(30-34)27-24-15-9-10-18-33(24)31-28(27)20-11-5-4-6-12-20/h4-6,9-12,15-18,32H,7-8,13-14,19H2,1-3H3. The number of aromatic nitrogens is 4. The molecule has 4 aromatic rings. The highest BCUT2D eigenvalue weighted by atomic mass is 16.7. The van der Waals surface area contributed by atoms with E-state index in [1.165, 1.54) is 10.7 Å². The third kappa shape index (κ3) is 5.52. The zero-order chi connectivity index (χ0) is 26.7. The number of hydroxylamine groups is 1. The van der Waals surface area contributed by atoms with Crippen molar-refractivity contribution in [1.29, 1.82) is 0 Å². The van der Waals surface area contributed by atoms with Crippen LogP contribution in [0.2, 0.25) is 0 Å². The van der Waals surface area contributed by atoms with E-state index in [-0.39, 0.29) is 12.2 Å². The fourth-order valence-electron chi connectivity index (χ4n) is 4.57. The molecule has 0 bridgehead atoms. The van der Waals surface area contributed by atoms with Crippen LogP contribution in [0.4, 0.5) is 0 Å². The zero-order valence-electron chi connectivity index (χ0n) is 21.8. The molecule has 9 heteroatoms. The van der Waals surface area contributed by atoms with Crippen molar-refractivity contribution in [2.24, 2.45) is 0 Å². The minimum atomic E-state index is -0.593. The molecule has 1 aliphatic carbocycles. The minimum Gasteiger partial charge on any atom is -0.458 e. The van der Waals surface area contributed by atoms with Gasteiger partial charge >= 0.3 is 5.97 Å². The molecule has 0 aliphatic heterocycles. The van der Waals surface area contributed by atoms with Crippen LogP contribution in [0, 0.1) is 0 Å². The number of esters is 1. The minimum absolute atomic E-state index is 0.241. The summed E-state index contributed by atoms with van der Waals surface area (Å²) in [7, 11) is 0. The Kier molecular flexibility index (Phi) is 7.11. The van der Waals surface area contributed by atoms with E-state index >= 15 is 0 Å². The summed E-state index contributed by atoms with van der Waals surface area (Å²) < 4.78 is 8.57. The van der Waals surface area contributed by atoms with E-state index in [1.807, 2.05) is 59.2 Å². The Balaban J connectivity index is 1.52. The number of pyridine rings is 1. The largest absolute Gasteiger partial charge is 0.458 e. The lowest BCUT2D eigenvalue weighted by atomic mass is 10.0. The van der Waals surface area contributed by atoms with E-state index < -0.39 is 11.6 Å². The number of rotatable bonds is 7. The van der Waals surface area contributed by atoms with Crippen molar-refractivity contribution in [2.75, 3.05) is 6.61 Å². The molecule has 0 fully saturated rings. The Morgan fingerprint density at radius 3 is 2.53 bits per heavy atom. The summed E-state index contributed by atoms with van der Waals surface area (Å²) in [4.78, 5) is 30.6. The molecule has 5 rings (SSSR count). The summed E-state index contributed by atoms with van der Waals surface area (Å²) in [5.41, 5.74) is 7.63. The number of hydrogen-bond acceptors (Lipinski definition) is 7. The Hall–Kier alpha value is -4.24. The SMILES string of the molecule is CC(C)(C)OC(=O)CONC1=C(n2nc(-c3c(-c4ccccc4)nn4ccccc34)ccc2=O)CCCC1. The molecule has 3 heterocycles. The summed E-state index contributed by atoms with van der Waals surface area (Å²) in [5, 5.41) is 9.64. The summed E-state index contributed by atoms with van der Waals surface area (Å²) in [5.74, 6) is -0.471. The van der Waals surface area contributed by atoms with E-state index in [0.29, 0.717) is 18.5 Å². The van der Waals surface area contributed by atoms with Gasteiger partial charge < -0.3 is 4.74 Å². The lowest BCUT2D eigenvalue weighted by molar-refractivity contribution is -0.162. The second kappa shape index (κ2) is 10.6. The monoisotopic (exact) mass is 513 g/mol. The third-order valence-corrected chi connectivity index (χ3v) is 6.14. The number of hydrogen-bond donors (Lipinski definition) is 1. The molecule has 196 valence electrons. The lowest BCUT2D eigenvalue weighted by Crippen LogP contribution is -2.31. The van der Waals surface area contributed by atoms with Crippen molar-refractivity contribution < 1.29 is 14.4 Å². The number of carbonyl (C=O) groups excluding carboxylic acids is 1. The smallest absolute Gasteiger partial charge is 0.335 e. The molecular formula is C29H31N5O4. The predicted octanol–water partition coefficient (Wildman–Crippen LogP) is 4.83. The predicted molar refractivity (Wildman–Crippen MR) is 145 cm³/mol. The maximum atomic E-state index is 13.0. The molecule has 1 N–H and O–H groups in total. The topological polar surface area (TPSA) is 99.8 Å². The quantitative estimate of drug-likeness (QED) is 0.279. The van der Waals surface area contributed by atoms with Crippen molar-refractivity contribution in [2.45, 2.75) is 52.1 Å². The number of nitrogens with one attached hydrogen (secondary N) is 1. The second-order valence-electron chi connectivity index (χ2n) is 10.2. The van der Waals surface area contributed by atoms with Gasteiger partial charge in [-0.3, -0.25) is 15.1 Å². The molecule has 0 spiro atoms. The molecule has 0 saturated heterocycles. The Morgan fingerprint density at radius 2 is 1.74 bits per heavy atom. The summed E-state index contributed by atoms with van der Waals surface area (Å²) in [6.07, 6.45) is 5.07. The van der Waals surface area contributed by atoms with Crippen molar-refractivity contribution in [3.8, 4) is 22.5 Å². The van der Waals surface area contributed by atoms with Gasteiger partial charge in [-0.05, 0) is 64.7 Å². The van der Waals surface area contributed by atoms with Gasteiger partial charge in [0, 0.05) is 17.8 Å². The van der Waals surface area contributed by atoms with E-state index in [4.69, 9.17) is 19.8 Å². The highest BCUT2D eigenvalue weighted by molar-refractivity contribution is 5.90. The first-order valence-electron chi connectivity index (χ1n) is 12.8. The molecule has 0 saturated carbocycles. The maximum Gasteiger partial charge on any atom is 0.335 e. The lowest BCUT2D eigenvalue weighted by Gasteiger charge is -2.23. The molecule has 1 aromatic carbocycles. The van der Waals surface area contributed by atoms with Crippen LogP contribution >= 0.6 is 0 Å². The molecule has 9 nitrogen and oxygen atoms in total. The third-order valence-electron chi connectivity index (χ3n) is 6.14. The number of nitrogens with zero attached hydrogens (tertiary/aromatic N) is 4. The summed E-state index contributed by atoms with van der Waals surface area (Å²) in [6.45, 7) is 5.16. The van der Waals surface area contributed by atoms with Crippen molar-refractivity contribution in [3.63, 3.8) is 0 Å². The number of allylic oxidation sites excluding steroid dienone is 2. The van der Waals surface area contributed by atoms with Crippen molar-refractivity contribution in [3.05, 3.63) is 82.9 Å². The first-order chi connectivity index (χ1) is 18.3. The fourth-order valence-corrected chi connectivity index (χ4v) is 4.57. The number of fused-ring (bicyclic) bond motifs is 1. The summed E-state index contributed by atoms with van der Waals surface area (Å²) in [6, 6.07) is 19.1. The second-order valence-corrected chi connectivity index (χ2v) is 10.2. The van der Waals surface area contributed by atoms with Gasteiger partial charge in [0.1, 0.15) is 11.3 Å². The molecule has 0 amide bonds. The van der Waals surface area contributed by atoms with Crippen LogP contribution in [0.3, 0.4) is 0 Å². The average molecular weight is 514 g/mol. The molecule has 0 atom stereocenters. The highest BCUT2D eigenvalue weighted by Gasteiger charge is 2.22.